The lowest BCUT2D eigenvalue weighted by Crippen LogP contribution is -2.56. The largest absolute Gasteiger partial charge is 0.387 e. The third-order valence-corrected chi connectivity index (χ3v) is 10.3. The van der Waals surface area contributed by atoms with Crippen LogP contribution in [0.2, 0.25) is 0 Å². The summed E-state index contributed by atoms with van der Waals surface area (Å²) in [6.45, 7) is 15.8. The van der Waals surface area contributed by atoms with Crippen LogP contribution in [0.1, 0.15) is 86.0 Å². The van der Waals surface area contributed by atoms with E-state index in [9.17, 15) is 10.2 Å². The van der Waals surface area contributed by atoms with Crippen molar-refractivity contribution in [1.82, 2.24) is 0 Å². The van der Waals surface area contributed by atoms with Crippen molar-refractivity contribution >= 4 is 0 Å². The summed E-state index contributed by atoms with van der Waals surface area (Å²) in [5.41, 5.74) is 0.604. The Morgan fingerprint density at radius 2 is 1.79 bits per heavy atom. The van der Waals surface area contributed by atoms with Crippen molar-refractivity contribution in [2.24, 2.45) is 29.1 Å². The Morgan fingerprint density at radius 1 is 1.08 bits per heavy atom. The van der Waals surface area contributed by atoms with Crippen LogP contribution in [0.3, 0.4) is 0 Å². The van der Waals surface area contributed by atoms with Crippen molar-refractivity contribution < 1.29 is 29.2 Å². The number of rotatable bonds is 12. The van der Waals surface area contributed by atoms with Gasteiger partial charge in [-0.3, -0.25) is 0 Å². The van der Waals surface area contributed by atoms with E-state index in [2.05, 4.69) is 53.3 Å². The molecule has 218 valence electrons. The van der Waals surface area contributed by atoms with Gasteiger partial charge in [0, 0.05) is 20.1 Å². The van der Waals surface area contributed by atoms with Gasteiger partial charge in [-0.05, 0) is 100 Å². The third-order valence-electron chi connectivity index (χ3n) is 10.3. The molecular formula is C32H54O6. The van der Waals surface area contributed by atoms with Crippen LogP contribution in [0.25, 0.3) is 0 Å². The molecular weight excluding hydrogens is 480 g/mol. The molecule has 0 bridgehead atoms. The smallest absolute Gasteiger partial charge is 0.147 e. The first-order valence-electron chi connectivity index (χ1n) is 14.6. The Labute approximate surface area is 231 Å². The highest BCUT2D eigenvalue weighted by Gasteiger charge is 2.59. The number of hydrogen-bond donors (Lipinski definition) is 2. The van der Waals surface area contributed by atoms with Crippen LogP contribution in [0.5, 0.6) is 0 Å². The molecule has 3 aliphatic rings. The molecule has 3 rings (SSSR count). The lowest BCUT2D eigenvalue weighted by atomic mass is 9.56. The molecule has 3 saturated carbocycles. The van der Waals surface area contributed by atoms with Crippen molar-refractivity contribution in [3.05, 3.63) is 36.0 Å². The molecule has 2 N–H and O–H groups in total. The standard InChI is InChI=1S/C32H54O6/c1-22-11-13-26(37-20-35-7)18-25(22)19-29(33)32(34)17-9-16-31(6)27(14-15-28(31)32)23(2)10-12-24(3)30(4,5)38-21-36-8/h10,12,19,23-24,26-29,33-34H,1,9,11,13-18,20-21H2,2-8H3/b12-10+,25-19-/t23-,24+,26+,27-,28-,29?,31-,32?/m1/s1. The van der Waals surface area contributed by atoms with Crippen molar-refractivity contribution in [2.75, 3.05) is 27.8 Å². The van der Waals surface area contributed by atoms with E-state index in [-0.39, 0.29) is 42.5 Å². The summed E-state index contributed by atoms with van der Waals surface area (Å²) in [4.78, 5) is 0. The van der Waals surface area contributed by atoms with Gasteiger partial charge in [0.15, 0.2) is 0 Å². The van der Waals surface area contributed by atoms with Gasteiger partial charge in [0.25, 0.3) is 0 Å². The molecule has 0 aliphatic heterocycles. The molecule has 0 saturated heterocycles. The Bertz CT molecular complexity index is 849. The highest BCUT2D eigenvalue weighted by atomic mass is 16.7. The lowest BCUT2D eigenvalue weighted by Gasteiger charge is -2.52. The van der Waals surface area contributed by atoms with E-state index in [0.717, 1.165) is 49.7 Å². The Hall–Kier alpha value is -1.02. The van der Waals surface area contributed by atoms with E-state index in [1.165, 1.54) is 0 Å². The molecule has 3 aliphatic carbocycles. The summed E-state index contributed by atoms with van der Waals surface area (Å²) in [7, 11) is 3.27. The highest BCUT2D eigenvalue weighted by molar-refractivity contribution is 5.33. The van der Waals surface area contributed by atoms with Crippen molar-refractivity contribution in [1.29, 1.82) is 0 Å². The molecule has 0 heterocycles. The third kappa shape index (κ3) is 6.82. The van der Waals surface area contributed by atoms with Gasteiger partial charge < -0.3 is 29.2 Å². The predicted octanol–water partition coefficient (Wildman–Crippen LogP) is 6.18. The number of methoxy groups -OCH3 is 2. The van der Waals surface area contributed by atoms with Crippen LogP contribution in [0.15, 0.2) is 36.0 Å². The summed E-state index contributed by atoms with van der Waals surface area (Å²) >= 11 is 0. The number of hydrogen-bond acceptors (Lipinski definition) is 6. The number of aliphatic hydroxyl groups excluding tert-OH is 1. The molecule has 0 aromatic rings. The van der Waals surface area contributed by atoms with Gasteiger partial charge in [0.1, 0.15) is 19.7 Å². The van der Waals surface area contributed by atoms with Crippen LogP contribution < -0.4 is 0 Å². The van der Waals surface area contributed by atoms with Gasteiger partial charge in [0.05, 0.1) is 17.3 Å². The molecule has 6 heteroatoms. The molecule has 0 amide bonds. The minimum absolute atomic E-state index is 0.0186. The van der Waals surface area contributed by atoms with E-state index in [1.807, 2.05) is 6.08 Å². The van der Waals surface area contributed by atoms with Crippen LogP contribution >= 0.6 is 0 Å². The predicted molar refractivity (Wildman–Crippen MR) is 151 cm³/mol. The molecule has 3 fully saturated rings. The number of aliphatic hydroxyl groups is 2. The van der Waals surface area contributed by atoms with Gasteiger partial charge in [-0.15, -0.1) is 0 Å². The van der Waals surface area contributed by atoms with Crippen molar-refractivity contribution in [3.63, 3.8) is 0 Å². The van der Waals surface area contributed by atoms with Gasteiger partial charge in [-0.25, -0.2) is 0 Å². The van der Waals surface area contributed by atoms with Gasteiger partial charge in [-0.2, -0.15) is 0 Å². The molecule has 2 unspecified atom stereocenters. The fourth-order valence-corrected chi connectivity index (χ4v) is 7.45. The molecule has 0 spiro atoms. The quantitative estimate of drug-likeness (QED) is 0.230. The Balaban J connectivity index is 1.73. The molecule has 0 radical (unpaired) electrons. The summed E-state index contributed by atoms with van der Waals surface area (Å²) in [5, 5.41) is 23.6. The summed E-state index contributed by atoms with van der Waals surface area (Å²) in [6.07, 6.45) is 12.7. The number of fused-ring (bicyclic) bond motifs is 1. The Morgan fingerprint density at radius 3 is 2.47 bits per heavy atom. The lowest BCUT2D eigenvalue weighted by molar-refractivity contribution is -0.156. The van der Waals surface area contributed by atoms with Crippen LogP contribution in [-0.2, 0) is 18.9 Å². The monoisotopic (exact) mass is 534 g/mol. The maximum atomic E-state index is 12.1. The van der Waals surface area contributed by atoms with E-state index in [0.29, 0.717) is 24.7 Å². The molecule has 0 aromatic heterocycles. The first kappa shape index (κ1) is 31.5. The normalized spacial score (nSPS) is 36.0. The first-order valence-corrected chi connectivity index (χ1v) is 14.6. The zero-order valence-electron chi connectivity index (χ0n) is 25.0. The molecule has 38 heavy (non-hydrogen) atoms. The van der Waals surface area contributed by atoms with Crippen LogP contribution in [0, 0.1) is 29.1 Å². The van der Waals surface area contributed by atoms with Gasteiger partial charge in [-0.1, -0.05) is 45.1 Å². The van der Waals surface area contributed by atoms with Crippen LogP contribution in [-0.4, -0.2) is 61.4 Å². The summed E-state index contributed by atoms with van der Waals surface area (Å²) in [6, 6.07) is 0. The van der Waals surface area contributed by atoms with E-state index in [1.54, 1.807) is 14.2 Å². The fraction of sp³-hybridized carbons (Fsp3) is 0.812. The van der Waals surface area contributed by atoms with E-state index >= 15 is 0 Å². The van der Waals surface area contributed by atoms with Crippen molar-refractivity contribution in [3.8, 4) is 0 Å². The second kappa shape index (κ2) is 13.1. The van der Waals surface area contributed by atoms with Crippen molar-refractivity contribution in [2.45, 2.75) is 109 Å². The average molecular weight is 535 g/mol. The zero-order chi connectivity index (χ0) is 28.1. The highest BCUT2D eigenvalue weighted by Crippen LogP contribution is 2.61. The van der Waals surface area contributed by atoms with Gasteiger partial charge >= 0.3 is 0 Å². The average Bonchev–Trinajstić information content (AvgIpc) is 3.24. The topological polar surface area (TPSA) is 77.4 Å². The fourth-order valence-electron chi connectivity index (χ4n) is 7.45. The molecule has 6 nitrogen and oxygen atoms in total. The minimum Gasteiger partial charge on any atom is -0.387 e. The Kier molecular flexibility index (Phi) is 10.9. The zero-order valence-corrected chi connectivity index (χ0v) is 25.0. The second-order valence-electron chi connectivity index (χ2n) is 13.0. The maximum Gasteiger partial charge on any atom is 0.147 e. The van der Waals surface area contributed by atoms with E-state index in [4.69, 9.17) is 18.9 Å². The SMILES string of the molecule is C=C1CC[C@H](OCOC)C/C1=C/C(O)C1(O)CCC[C@]2(C)[C@@H]([C@H](C)/C=C/[C@H](C)C(C)(C)OCOC)CC[C@@H]12. The maximum absolute atomic E-state index is 12.1. The minimum atomic E-state index is -1.12. The molecule has 0 aromatic carbocycles. The molecule has 8 atom stereocenters. The summed E-state index contributed by atoms with van der Waals surface area (Å²) < 4.78 is 21.9. The number of allylic oxidation sites excluding steroid dienone is 2. The number of ether oxygens (including phenoxy) is 4. The van der Waals surface area contributed by atoms with E-state index < -0.39 is 11.7 Å². The first-order chi connectivity index (χ1) is 17.9. The van der Waals surface area contributed by atoms with Crippen LogP contribution in [0.4, 0.5) is 0 Å². The summed E-state index contributed by atoms with van der Waals surface area (Å²) in [5.74, 6) is 1.14. The van der Waals surface area contributed by atoms with Gasteiger partial charge in [0.2, 0.25) is 0 Å². The second-order valence-corrected chi connectivity index (χ2v) is 13.0.